The van der Waals surface area contributed by atoms with Crippen LogP contribution in [-0.2, 0) is 4.79 Å². The zero-order valence-electron chi connectivity index (χ0n) is 9.87. The molecule has 3 nitrogen and oxygen atoms in total. The molecule has 3 N–H and O–H groups in total. The average molecular weight is 215 g/mol. The van der Waals surface area contributed by atoms with Crippen LogP contribution in [-0.4, -0.2) is 17.1 Å². The van der Waals surface area contributed by atoms with Gasteiger partial charge in [-0.3, -0.25) is 4.79 Å². The highest BCUT2D eigenvalue weighted by Gasteiger charge is 2.04. The monoisotopic (exact) mass is 215 g/mol. The minimum atomic E-state index is -0.717. The second kappa shape index (κ2) is 9.97. The van der Waals surface area contributed by atoms with Crippen molar-refractivity contribution in [3.63, 3.8) is 0 Å². The van der Waals surface area contributed by atoms with Crippen molar-refractivity contribution in [1.29, 1.82) is 0 Å². The number of aliphatic carboxylic acids is 1. The van der Waals surface area contributed by atoms with Gasteiger partial charge in [0.15, 0.2) is 0 Å². The van der Waals surface area contributed by atoms with Gasteiger partial charge in [-0.15, -0.1) is 0 Å². The fraction of sp³-hybridized carbons (Fsp3) is 0.917. The number of carboxylic acids is 1. The average Bonchev–Trinajstić information content (AvgIpc) is 2.17. The van der Waals surface area contributed by atoms with Gasteiger partial charge < -0.3 is 10.8 Å². The van der Waals surface area contributed by atoms with E-state index in [-0.39, 0.29) is 12.5 Å². The Morgan fingerprint density at radius 3 is 2.33 bits per heavy atom. The molecule has 0 aromatic rings. The summed E-state index contributed by atoms with van der Waals surface area (Å²) in [6, 6.07) is 0.200. The van der Waals surface area contributed by atoms with Crippen LogP contribution in [0.4, 0.5) is 0 Å². The standard InChI is InChI=1S/C12H25NO2/c1-2-3-4-5-6-8-11(13)9-7-10-12(14)15/h11H,2-10,13H2,1H3,(H,14,15). The van der Waals surface area contributed by atoms with Crippen LogP contribution in [0.1, 0.15) is 64.7 Å². The second-order valence-corrected chi connectivity index (χ2v) is 4.25. The van der Waals surface area contributed by atoms with Crippen LogP contribution in [0.25, 0.3) is 0 Å². The van der Waals surface area contributed by atoms with Crippen LogP contribution in [0.15, 0.2) is 0 Å². The molecule has 0 rings (SSSR count). The first-order chi connectivity index (χ1) is 7.16. The van der Waals surface area contributed by atoms with Crippen molar-refractivity contribution >= 4 is 5.97 Å². The molecule has 0 radical (unpaired) electrons. The molecule has 3 heteroatoms. The third kappa shape index (κ3) is 11.4. The van der Waals surface area contributed by atoms with Crippen molar-refractivity contribution in [3.8, 4) is 0 Å². The highest BCUT2D eigenvalue weighted by Crippen LogP contribution is 2.09. The molecule has 0 aromatic heterocycles. The lowest BCUT2D eigenvalue weighted by Crippen LogP contribution is -2.19. The molecule has 15 heavy (non-hydrogen) atoms. The van der Waals surface area contributed by atoms with E-state index in [1.807, 2.05) is 0 Å². The number of hydrogen-bond acceptors (Lipinski definition) is 2. The lowest BCUT2D eigenvalue weighted by atomic mass is 10.0. The predicted octanol–water partition coefficient (Wildman–Crippen LogP) is 2.93. The molecule has 0 fully saturated rings. The number of rotatable bonds is 10. The quantitative estimate of drug-likeness (QED) is 0.551. The SMILES string of the molecule is CCCCCCCC(N)CCCC(=O)O. The van der Waals surface area contributed by atoms with Crippen LogP contribution in [0.2, 0.25) is 0 Å². The Bertz CT molecular complexity index is 160. The van der Waals surface area contributed by atoms with E-state index in [0.717, 1.165) is 12.8 Å². The lowest BCUT2D eigenvalue weighted by molar-refractivity contribution is -0.137. The van der Waals surface area contributed by atoms with E-state index in [4.69, 9.17) is 10.8 Å². The molecule has 0 spiro atoms. The fourth-order valence-electron chi connectivity index (χ4n) is 1.67. The summed E-state index contributed by atoms with van der Waals surface area (Å²) in [7, 11) is 0. The number of hydrogen-bond donors (Lipinski definition) is 2. The smallest absolute Gasteiger partial charge is 0.303 e. The Morgan fingerprint density at radius 1 is 1.13 bits per heavy atom. The molecular formula is C12H25NO2. The largest absolute Gasteiger partial charge is 0.481 e. The van der Waals surface area contributed by atoms with Crippen molar-refractivity contribution in [2.75, 3.05) is 0 Å². The Morgan fingerprint density at radius 2 is 1.73 bits per heavy atom. The Hall–Kier alpha value is -0.570. The molecule has 0 saturated carbocycles. The second-order valence-electron chi connectivity index (χ2n) is 4.25. The molecule has 0 aliphatic heterocycles. The van der Waals surface area contributed by atoms with Gasteiger partial charge in [-0.1, -0.05) is 39.0 Å². The predicted molar refractivity (Wildman–Crippen MR) is 62.8 cm³/mol. The van der Waals surface area contributed by atoms with E-state index < -0.39 is 5.97 Å². The Kier molecular flexibility index (Phi) is 9.59. The summed E-state index contributed by atoms with van der Waals surface area (Å²) >= 11 is 0. The van der Waals surface area contributed by atoms with Crippen LogP contribution in [0, 0.1) is 0 Å². The molecule has 1 unspecified atom stereocenters. The van der Waals surface area contributed by atoms with Gasteiger partial charge in [0, 0.05) is 12.5 Å². The molecule has 1 atom stereocenters. The molecule has 0 amide bonds. The van der Waals surface area contributed by atoms with Gasteiger partial charge >= 0.3 is 5.97 Å². The zero-order chi connectivity index (χ0) is 11.5. The summed E-state index contributed by atoms with van der Waals surface area (Å²) in [5.41, 5.74) is 5.88. The molecule has 0 saturated heterocycles. The minimum absolute atomic E-state index is 0.200. The summed E-state index contributed by atoms with van der Waals surface area (Å²) in [5.74, 6) is -0.717. The molecule has 0 aliphatic carbocycles. The first kappa shape index (κ1) is 14.4. The van der Waals surface area contributed by atoms with Crippen molar-refractivity contribution < 1.29 is 9.90 Å². The first-order valence-corrected chi connectivity index (χ1v) is 6.14. The molecular weight excluding hydrogens is 190 g/mol. The van der Waals surface area contributed by atoms with Gasteiger partial charge in [0.25, 0.3) is 0 Å². The number of unbranched alkanes of at least 4 members (excludes halogenated alkanes) is 4. The maximum Gasteiger partial charge on any atom is 0.303 e. The summed E-state index contributed by atoms with van der Waals surface area (Å²) in [5, 5.41) is 8.46. The van der Waals surface area contributed by atoms with Gasteiger partial charge in [0.2, 0.25) is 0 Å². The van der Waals surface area contributed by atoms with E-state index in [0.29, 0.717) is 6.42 Å². The number of carboxylic acid groups (broad SMARTS) is 1. The van der Waals surface area contributed by atoms with E-state index in [1.54, 1.807) is 0 Å². The van der Waals surface area contributed by atoms with Gasteiger partial charge in [0.1, 0.15) is 0 Å². The Labute approximate surface area is 93.0 Å². The maximum absolute atomic E-state index is 10.3. The van der Waals surface area contributed by atoms with Crippen LogP contribution in [0.3, 0.4) is 0 Å². The number of nitrogens with two attached hydrogens (primary N) is 1. The van der Waals surface area contributed by atoms with E-state index in [9.17, 15) is 4.79 Å². The van der Waals surface area contributed by atoms with Crippen LogP contribution in [0.5, 0.6) is 0 Å². The topological polar surface area (TPSA) is 63.3 Å². The highest BCUT2D eigenvalue weighted by molar-refractivity contribution is 5.66. The van der Waals surface area contributed by atoms with Crippen molar-refractivity contribution in [2.24, 2.45) is 5.73 Å². The van der Waals surface area contributed by atoms with Crippen molar-refractivity contribution in [2.45, 2.75) is 70.8 Å². The molecule has 0 bridgehead atoms. The first-order valence-electron chi connectivity index (χ1n) is 6.14. The molecule has 90 valence electrons. The van der Waals surface area contributed by atoms with Crippen molar-refractivity contribution in [1.82, 2.24) is 0 Å². The highest BCUT2D eigenvalue weighted by atomic mass is 16.4. The van der Waals surface area contributed by atoms with Crippen LogP contribution >= 0.6 is 0 Å². The minimum Gasteiger partial charge on any atom is -0.481 e. The van der Waals surface area contributed by atoms with E-state index in [1.165, 1.54) is 32.1 Å². The molecule has 0 heterocycles. The van der Waals surface area contributed by atoms with Gasteiger partial charge in [-0.05, 0) is 19.3 Å². The van der Waals surface area contributed by atoms with E-state index >= 15 is 0 Å². The van der Waals surface area contributed by atoms with Gasteiger partial charge in [0.05, 0.1) is 0 Å². The summed E-state index contributed by atoms with van der Waals surface area (Å²) in [4.78, 5) is 10.3. The van der Waals surface area contributed by atoms with Crippen molar-refractivity contribution in [3.05, 3.63) is 0 Å². The summed E-state index contributed by atoms with van der Waals surface area (Å²) in [6.45, 7) is 2.21. The Balaban J connectivity index is 3.18. The summed E-state index contributed by atoms with van der Waals surface area (Å²) in [6.07, 6.45) is 9.20. The summed E-state index contributed by atoms with van der Waals surface area (Å²) < 4.78 is 0. The number of carbonyl (C=O) groups is 1. The van der Waals surface area contributed by atoms with Gasteiger partial charge in [-0.25, -0.2) is 0 Å². The normalized spacial score (nSPS) is 12.7. The molecule has 0 aliphatic rings. The molecule has 0 aromatic carbocycles. The van der Waals surface area contributed by atoms with Gasteiger partial charge in [-0.2, -0.15) is 0 Å². The van der Waals surface area contributed by atoms with Crippen LogP contribution < -0.4 is 5.73 Å². The maximum atomic E-state index is 10.3. The third-order valence-electron chi connectivity index (χ3n) is 2.64. The lowest BCUT2D eigenvalue weighted by Gasteiger charge is -2.10. The third-order valence-corrected chi connectivity index (χ3v) is 2.64. The van der Waals surface area contributed by atoms with E-state index in [2.05, 4.69) is 6.92 Å². The zero-order valence-corrected chi connectivity index (χ0v) is 9.87. The fourth-order valence-corrected chi connectivity index (χ4v) is 1.67.